The summed E-state index contributed by atoms with van der Waals surface area (Å²) in [6.45, 7) is 0. The molecular weight excluding hydrogens is 645 g/mol. The molecule has 4 aromatic heterocycles. The second-order valence-corrected chi connectivity index (χ2v) is 16.4. The largest absolute Gasteiger partial charge is 0.496 e. The van der Waals surface area contributed by atoms with Crippen LogP contribution < -0.4 is 9.47 Å². The molecule has 5 heterocycles. The van der Waals surface area contributed by atoms with Gasteiger partial charge in [0.2, 0.25) is 0 Å². The summed E-state index contributed by atoms with van der Waals surface area (Å²) >= 11 is 11.3. The number of hydrogen-bond acceptors (Lipinski definition) is 8. The molecule has 0 unspecified atom stereocenters. The fourth-order valence-electron chi connectivity index (χ4n) is 5.55. The van der Waals surface area contributed by atoms with Crippen LogP contribution in [0.15, 0.2) is 83.6 Å². The number of hydrogen-bond donors (Lipinski definition) is 0. The normalized spacial score (nSPS) is 13.6. The van der Waals surface area contributed by atoms with E-state index < -0.39 is 0 Å². The van der Waals surface area contributed by atoms with Crippen molar-refractivity contribution in [1.82, 2.24) is 0 Å². The first-order chi connectivity index (χ1) is 21.2. The van der Waals surface area contributed by atoms with Gasteiger partial charge in [-0.2, -0.15) is 23.5 Å². The Balaban J connectivity index is 1.21. The molecule has 0 fully saturated rings. The predicted molar refractivity (Wildman–Crippen MR) is 194 cm³/mol. The molecule has 1 aliphatic rings. The summed E-state index contributed by atoms with van der Waals surface area (Å²) in [7, 11) is 3.64. The Morgan fingerprint density at radius 1 is 0.512 bits per heavy atom. The topological polar surface area (TPSA) is 18.5 Å². The number of aryl methyl sites for hydroxylation is 1. The lowest BCUT2D eigenvalue weighted by Gasteiger charge is -2.16. The maximum Gasteiger partial charge on any atom is 0.126 e. The van der Waals surface area contributed by atoms with E-state index in [1.165, 1.54) is 62.6 Å². The highest BCUT2D eigenvalue weighted by atomic mass is 32.2. The lowest BCUT2D eigenvalue weighted by atomic mass is 10.0. The second-order valence-electron chi connectivity index (χ2n) is 10.2. The zero-order chi connectivity index (χ0) is 29.2. The van der Waals surface area contributed by atoms with E-state index in [1.807, 2.05) is 60.4 Å². The van der Waals surface area contributed by atoms with Crippen LogP contribution in [0.5, 0.6) is 11.5 Å². The van der Waals surface area contributed by atoms with Crippen molar-refractivity contribution >= 4 is 68.9 Å². The van der Waals surface area contributed by atoms with Crippen molar-refractivity contribution < 1.29 is 9.47 Å². The van der Waals surface area contributed by atoms with E-state index >= 15 is 0 Å². The van der Waals surface area contributed by atoms with Gasteiger partial charge in [-0.15, -0.1) is 45.3 Å². The van der Waals surface area contributed by atoms with E-state index in [0.29, 0.717) is 0 Å². The summed E-state index contributed by atoms with van der Waals surface area (Å²) in [5.74, 6) is 5.78. The Kier molecular flexibility index (Phi) is 9.03. The van der Waals surface area contributed by atoms with Crippen LogP contribution in [0.3, 0.4) is 0 Å². The number of benzene rings is 2. The van der Waals surface area contributed by atoms with Crippen LogP contribution in [0.2, 0.25) is 0 Å². The van der Waals surface area contributed by atoms with E-state index in [4.69, 9.17) is 9.47 Å². The van der Waals surface area contributed by atoms with Gasteiger partial charge >= 0.3 is 0 Å². The Morgan fingerprint density at radius 3 is 1.47 bits per heavy atom. The molecule has 218 valence electrons. The Morgan fingerprint density at radius 2 is 0.977 bits per heavy atom. The van der Waals surface area contributed by atoms with Crippen molar-refractivity contribution in [3.05, 3.63) is 106 Å². The number of thiophene rings is 4. The van der Waals surface area contributed by atoms with Gasteiger partial charge in [0.15, 0.2) is 0 Å². The summed E-state index contributed by atoms with van der Waals surface area (Å²) in [4.78, 5) is 7.94. The molecule has 7 rings (SSSR count). The molecule has 2 aromatic carbocycles. The van der Waals surface area contributed by atoms with Crippen LogP contribution >= 0.6 is 68.9 Å². The molecular formula is C35H30O2S6. The molecule has 0 spiro atoms. The van der Waals surface area contributed by atoms with E-state index in [2.05, 4.69) is 83.6 Å². The lowest BCUT2D eigenvalue weighted by Crippen LogP contribution is -2.00. The molecule has 0 atom stereocenters. The van der Waals surface area contributed by atoms with Gasteiger partial charge in [0.1, 0.15) is 11.5 Å². The first-order valence-corrected chi connectivity index (χ1v) is 19.7. The van der Waals surface area contributed by atoms with Gasteiger partial charge < -0.3 is 9.47 Å². The standard InChI is InChI=1S/C35H30O2S6/c1-36-34-22-11-14-38-19-25-17-24(29-8-10-33(43-29)31-6-4-13-41-31)18-27(35(25)37-2)21-39-20-26(34)16-23(15-22)28-7-9-32(42-28)30-5-3-12-40-30/h3-10,12-13,15-18H,11,14,19-21H2,1-2H3. The molecule has 0 saturated heterocycles. The lowest BCUT2D eigenvalue weighted by molar-refractivity contribution is 0.407. The molecule has 0 saturated carbocycles. The van der Waals surface area contributed by atoms with Crippen molar-refractivity contribution in [3.63, 3.8) is 0 Å². The minimum absolute atomic E-state index is 0.877. The monoisotopic (exact) mass is 674 g/mol. The molecule has 6 aromatic rings. The van der Waals surface area contributed by atoms with Gasteiger partial charge in [-0.3, -0.25) is 0 Å². The molecule has 1 aliphatic heterocycles. The molecule has 8 heteroatoms. The minimum Gasteiger partial charge on any atom is -0.496 e. The van der Waals surface area contributed by atoms with Crippen molar-refractivity contribution in [2.75, 3.05) is 20.0 Å². The highest BCUT2D eigenvalue weighted by Crippen LogP contribution is 2.43. The number of rotatable bonds is 6. The maximum atomic E-state index is 6.07. The number of ether oxygens (including phenoxy) is 2. The first-order valence-electron chi connectivity index (χ1n) is 14.0. The van der Waals surface area contributed by atoms with Crippen LogP contribution in [-0.4, -0.2) is 20.0 Å². The Hall–Kier alpha value is -2.46. The van der Waals surface area contributed by atoms with Crippen LogP contribution in [0, 0.1) is 0 Å². The fourth-order valence-corrected chi connectivity index (χ4v) is 11.1. The third kappa shape index (κ3) is 6.23. The van der Waals surface area contributed by atoms with Crippen molar-refractivity contribution in [2.24, 2.45) is 0 Å². The van der Waals surface area contributed by atoms with Crippen molar-refractivity contribution in [3.8, 4) is 51.9 Å². The van der Waals surface area contributed by atoms with E-state index in [0.717, 1.165) is 40.9 Å². The zero-order valence-corrected chi connectivity index (χ0v) is 28.8. The van der Waals surface area contributed by atoms with Crippen LogP contribution in [0.25, 0.3) is 40.4 Å². The van der Waals surface area contributed by atoms with E-state index in [-0.39, 0.29) is 0 Å². The van der Waals surface area contributed by atoms with Gasteiger partial charge in [0.05, 0.1) is 14.2 Å². The minimum atomic E-state index is 0.877. The van der Waals surface area contributed by atoms with Crippen LogP contribution in [-0.2, 0) is 23.7 Å². The van der Waals surface area contributed by atoms with E-state index in [1.54, 1.807) is 22.7 Å². The number of methoxy groups -OCH3 is 2. The molecule has 43 heavy (non-hydrogen) atoms. The summed E-state index contributed by atoms with van der Waals surface area (Å²) < 4.78 is 12.1. The van der Waals surface area contributed by atoms with Gasteiger partial charge in [0, 0.05) is 63.2 Å². The molecule has 4 bridgehead atoms. The highest BCUT2D eigenvalue weighted by Gasteiger charge is 2.19. The van der Waals surface area contributed by atoms with Crippen LogP contribution in [0.1, 0.15) is 22.3 Å². The SMILES string of the molecule is COc1c2cc(-c3ccc(-c4cccs4)s3)cc1CSCc1cc(-c3ccc(-c4cccs4)s3)cc(c1OC)CSCC2. The average molecular weight is 675 g/mol. The van der Waals surface area contributed by atoms with Crippen molar-refractivity contribution in [2.45, 2.75) is 23.7 Å². The summed E-state index contributed by atoms with van der Waals surface area (Å²) in [6, 6.07) is 27.1. The van der Waals surface area contributed by atoms with E-state index in [9.17, 15) is 0 Å². The molecule has 0 amide bonds. The molecule has 0 aliphatic carbocycles. The van der Waals surface area contributed by atoms with Gasteiger partial charge in [0.25, 0.3) is 0 Å². The third-order valence-electron chi connectivity index (χ3n) is 7.49. The summed E-state index contributed by atoms with van der Waals surface area (Å²) in [5, 5.41) is 4.30. The van der Waals surface area contributed by atoms with Crippen molar-refractivity contribution in [1.29, 1.82) is 0 Å². The van der Waals surface area contributed by atoms with Gasteiger partial charge in [-0.05, 0) is 100 Å². The quantitative estimate of drug-likeness (QED) is 0.175. The predicted octanol–water partition coefficient (Wildman–Crippen LogP) is 11.8. The first kappa shape index (κ1) is 29.3. The molecule has 0 radical (unpaired) electrons. The molecule has 0 N–H and O–H groups in total. The second kappa shape index (κ2) is 13.3. The maximum absolute atomic E-state index is 6.07. The Bertz CT molecular complexity index is 1690. The number of thioether (sulfide) groups is 2. The van der Waals surface area contributed by atoms with Gasteiger partial charge in [-0.25, -0.2) is 0 Å². The summed E-state index contributed by atoms with van der Waals surface area (Å²) in [5.41, 5.74) is 7.69. The molecule has 2 nitrogen and oxygen atoms in total. The summed E-state index contributed by atoms with van der Waals surface area (Å²) in [6.07, 6.45) is 0.965. The highest BCUT2D eigenvalue weighted by molar-refractivity contribution is 7.98. The number of fused-ring (bicyclic) bond motifs is 4. The fraction of sp³-hybridized carbons (Fsp3) is 0.200. The van der Waals surface area contributed by atoms with Crippen LogP contribution in [0.4, 0.5) is 0 Å². The zero-order valence-electron chi connectivity index (χ0n) is 23.9. The third-order valence-corrected chi connectivity index (χ3v) is 13.9. The van der Waals surface area contributed by atoms with Gasteiger partial charge in [-0.1, -0.05) is 12.1 Å². The average Bonchev–Trinajstić information content (AvgIpc) is 3.85. The smallest absolute Gasteiger partial charge is 0.126 e. The Labute approximate surface area is 277 Å².